The van der Waals surface area contributed by atoms with E-state index in [1.807, 2.05) is 0 Å². The number of anilines is 1. The van der Waals surface area contributed by atoms with Gasteiger partial charge in [-0.15, -0.1) is 0 Å². The van der Waals surface area contributed by atoms with E-state index in [0.29, 0.717) is 12.0 Å². The second-order valence-corrected chi connectivity index (χ2v) is 6.60. The molecule has 1 amide bonds. The maximum Gasteiger partial charge on any atom is 0.416 e. The highest BCUT2D eigenvalue weighted by molar-refractivity contribution is 6.30. The molecule has 0 spiro atoms. The number of hydrogen-bond donors (Lipinski definition) is 1. The lowest BCUT2D eigenvalue weighted by Crippen LogP contribution is -2.17. The molecule has 1 N–H and O–H groups in total. The number of carbonyl (C=O) groups is 1. The second kappa shape index (κ2) is 8.20. The van der Waals surface area contributed by atoms with Crippen LogP contribution in [0.25, 0.3) is 0 Å². The van der Waals surface area contributed by atoms with Crippen LogP contribution in [0.15, 0.2) is 42.9 Å². The molecular weight excluding hydrogens is 412 g/mol. The van der Waals surface area contributed by atoms with Gasteiger partial charge in [0.05, 0.1) is 23.9 Å². The maximum absolute atomic E-state index is 14.0. The van der Waals surface area contributed by atoms with Gasteiger partial charge in [0.2, 0.25) is 0 Å². The van der Waals surface area contributed by atoms with E-state index in [1.165, 1.54) is 35.3 Å². The molecule has 0 fully saturated rings. The highest BCUT2D eigenvalue weighted by Crippen LogP contribution is 2.34. The van der Waals surface area contributed by atoms with Gasteiger partial charge in [-0.2, -0.15) is 18.3 Å². The number of nitrogens with zero attached hydrogens (tertiary/aromatic N) is 3. The van der Waals surface area contributed by atoms with E-state index >= 15 is 0 Å². The fourth-order valence-corrected chi connectivity index (χ4v) is 2.99. The summed E-state index contributed by atoms with van der Waals surface area (Å²) < 4.78 is 54.9. The number of halogens is 5. The average Bonchev–Trinajstić information content (AvgIpc) is 3.08. The molecule has 5 nitrogen and oxygen atoms in total. The summed E-state index contributed by atoms with van der Waals surface area (Å²) >= 11 is 5.68. The standard InChI is InChI=1S/C19H15ClF4N4O/c1-2-11-8-25-9-15(21)17(11)18(29)26-16-5-6-28(27-16)10-12-3-4-13(20)7-14(12)19(22,23)24/h3-9H,2,10H2,1H3,(H,26,27,29). The number of carbonyl (C=O) groups excluding carboxylic acids is 1. The lowest BCUT2D eigenvalue weighted by molar-refractivity contribution is -0.138. The molecule has 10 heteroatoms. The maximum atomic E-state index is 14.0. The van der Waals surface area contributed by atoms with Crippen LogP contribution >= 0.6 is 11.6 Å². The normalized spacial score (nSPS) is 11.5. The zero-order chi connectivity index (χ0) is 21.2. The first-order chi connectivity index (χ1) is 13.7. The van der Waals surface area contributed by atoms with Crippen LogP contribution in [-0.2, 0) is 19.1 Å². The van der Waals surface area contributed by atoms with Crippen molar-refractivity contribution in [3.8, 4) is 0 Å². The Labute approximate surface area is 168 Å². The second-order valence-electron chi connectivity index (χ2n) is 6.16. The third kappa shape index (κ3) is 4.73. The first-order valence-electron chi connectivity index (χ1n) is 8.52. The summed E-state index contributed by atoms with van der Waals surface area (Å²) in [7, 11) is 0. The molecule has 0 radical (unpaired) electrons. The lowest BCUT2D eigenvalue weighted by Gasteiger charge is -2.13. The van der Waals surface area contributed by atoms with Crippen LogP contribution in [-0.4, -0.2) is 20.7 Å². The van der Waals surface area contributed by atoms with Crippen molar-refractivity contribution in [2.24, 2.45) is 0 Å². The minimum atomic E-state index is -4.57. The highest BCUT2D eigenvalue weighted by atomic mass is 35.5. The molecule has 29 heavy (non-hydrogen) atoms. The smallest absolute Gasteiger partial charge is 0.305 e. The van der Waals surface area contributed by atoms with E-state index in [0.717, 1.165) is 12.3 Å². The van der Waals surface area contributed by atoms with E-state index in [4.69, 9.17) is 11.6 Å². The van der Waals surface area contributed by atoms with Crippen molar-refractivity contribution in [3.05, 3.63) is 75.9 Å². The predicted octanol–water partition coefficient (Wildman–Crippen LogP) is 4.95. The Morgan fingerprint density at radius 2 is 1.97 bits per heavy atom. The number of alkyl halides is 3. The molecule has 0 aliphatic heterocycles. The zero-order valence-electron chi connectivity index (χ0n) is 15.1. The monoisotopic (exact) mass is 426 g/mol. The van der Waals surface area contributed by atoms with Crippen molar-refractivity contribution in [1.82, 2.24) is 14.8 Å². The Morgan fingerprint density at radius 1 is 1.21 bits per heavy atom. The fraction of sp³-hybridized carbons (Fsp3) is 0.211. The van der Waals surface area contributed by atoms with Gasteiger partial charge in [0.1, 0.15) is 0 Å². The van der Waals surface area contributed by atoms with Gasteiger partial charge in [0, 0.05) is 23.5 Å². The molecule has 0 unspecified atom stereocenters. The molecule has 2 aromatic heterocycles. The summed E-state index contributed by atoms with van der Waals surface area (Å²) in [6, 6.07) is 4.88. The number of aryl methyl sites for hydroxylation is 1. The van der Waals surface area contributed by atoms with Crippen molar-refractivity contribution in [2.45, 2.75) is 26.1 Å². The SMILES string of the molecule is CCc1cncc(F)c1C(=O)Nc1ccn(Cc2ccc(Cl)cc2C(F)(F)F)n1. The van der Waals surface area contributed by atoms with E-state index in [1.54, 1.807) is 6.92 Å². The largest absolute Gasteiger partial charge is 0.416 e. The van der Waals surface area contributed by atoms with Crippen LogP contribution in [0.4, 0.5) is 23.4 Å². The summed E-state index contributed by atoms with van der Waals surface area (Å²) in [5, 5.41) is 6.47. The number of nitrogens with one attached hydrogen (secondary N) is 1. The zero-order valence-corrected chi connectivity index (χ0v) is 15.9. The summed E-state index contributed by atoms with van der Waals surface area (Å²) in [6.07, 6.45) is -0.422. The first kappa shape index (κ1) is 20.8. The van der Waals surface area contributed by atoms with Crippen molar-refractivity contribution >= 4 is 23.3 Å². The van der Waals surface area contributed by atoms with E-state index in [9.17, 15) is 22.4 Å². The molecule has 152 valence electrons. The van der Waals surface area contributed by atoms with Gasteiger partial charge in [-0.25, -0.2) is 4.39 Å². The van der Waals surface area contributed by atoms with Crippen LogP contribution in [0.3, 0.4) is 0 Å². The van der Waals surface area contributed by atoms with Crippen LogP contribution in [0.1, 0.15) is 34.0 Å². The fourth-order valence-electron chi connectivity index (χ4n) is 2.82. The third-order valence-electron chi connectivity index (χ3n) is 4.18. The molecule has 0 bridgehead atoms. The Bertz CT molecular complexity index is 1050. The summed E-state index contributed by atoms with van der Waals surface area (Å²) in [6.45, 7) is 1.57. The Balaban J connectivity index is 1.80. The van der Waals surface area contributed by atoms with Crippen LogP contribution < -0.4 is 5.32 Å². The van der Waals surface area contributed by atoms with Crippen molar-refractivity contribution < 1.29 is 22.4 Å². The van der Waals surface area contributed by atoms with Gasteiger partial charge in [-0.3, -0.25) is 14.5 Å². The summed E-state index contributed by atoms with van der Waals surface area (Å²) in [4.78, 5) is 16.1. The number of pyridine rings is 1. The Hall–Kier alpha value is -2.94. The van der Waals surface area contributed by atoms with Gasteiger partial charge in [-0.1, -0.05) is 24.6 Å². The van der Waals surface area contributed by atoms with Crippen molar-refractivity contribution in [3.63, 3.8) is 0 Å². The molecule has 0 aliphatic carbocycles. The average molecular weight is 427 g/mol. The Kier molecular flexibility index (Phi) is 5.88. The Morgan fingerprint density at radius 3 is 2.66 bits per heavy atom. The summed E-state index contributed by atoms with van der Waals surface area (Å²) in [5.41, 5.74) is -0.610. The lowest BCUT2D eigenvalue weighted by atomic mass is 10.1. The first-order valence-corrected chi connectivity index (χ1v) is 8.89. The molecule has 3 aromatic rings. The number of hydrogen-bond acceptors (Lipinski definition) is 3. The van der Waals surface area contributed by atoms with Gasteiger partial charge >= 0.3 is 6.18 Å². The van der Waals surface area contributed by atoms with Gasteiger partial charge in [0.15, 0.2) is 11.6 Å². The third-order valence-corrected chi connectivity index (χ3v) is 4.41. The molecule has 2 heterocycles. The predicted molar refractivity (Wildman–Crippen MR) is 99.3 cm³/mol. The molecular formula is C19H15ClF4N4O. The van der Waals surface area contributed by atoms with Crippen molar-refractivity contribution in [1.29, 1.82) is 0 Å². The number of aromatic nitrogens is 3. The number of benzene rings is 1. The van der Waals surface area contributed by atoms with Crippen LogP contribution in [0.2, 0.25) is 5.02 Å². The van der Waals surface area contributed by atoms with Gasteiger partial charge in [0.25, 0.3) is 5.91 Å². The minimum Gasteiger partial charge on any atom is -0.305 e. The van der Waals surface area contributed by atoms with Crippen LogP contribution in [0, 0.1) is 5.82 Å². The molecule has 0 saturated carbocycles. The quantitative estimate of drug-likeness (QED) is 0.587. The number of amides is 1. The van der Waals surface area contributed by atoms with Gasteiger partial charge in [-0.05, 0) is 29.7 Å². The van der Waals surface area contributed by atoms with E-state index in [2.05, 4.69) is 15.4 Å². The van der Waals surface area contributed by atoms with Gasteiger partial charge < -0.3 is 5.32 Å². The van der Waals surface area contributed by atoms with E-state index < -0.39 is 23.5 Å². The molecule has 0 saturated heterocycles. The van der Waals surface area contributed by atoms with Crippen molar-refractivity contribution in [2.75, 3.05) is 5.32 Å². The minimum absolute atomic E-state index is 0.0272. The molecule has 0 atom stereocenters. The van der Waals surface area contributed by atoms with E-state index in [-0.39, 0.29) is 28.5 Å². The molecule has 3 rings (SSSR count). The molecule has 0 aliphatic rings. The summed E-state index contributed by atoms with van der Waals surface area (Å²) in [5.74, 6) is -1.40. The van der Waals surface area contributed by atoms with Crippen LogP contribution in [0.5, 0.6) is 0 Å². The number of rotatable bonds is 5. The molecule has 1 aromatic carbocycles. The highest BCUT2D eigenvalue weighted by Gasteiger charge is 2.33. The topological polar surface area (TPSA) is 59.8 Å².